The molecule has 3 aromatic rings. The first-order chi connectivity index (χ1) is 18.3. The van der Waals surface area contributed by atoms with Crippen LogP contribution in [0.4, 0.5) is 11.5 Å². The monoisotopic (exact) mass is 558 g/mol. The van der Waals surface area contributed by atoms with Crippen molar-refractivity contribution in [3.05, 3.63) is 39.9 Å². The topological polar surface area (TPSA) is 128 Å². The first-order valence-corrected chi connectivity index (χ1v) is 13.9. The molecule has 3 fully saturated rings. The summed E-state index contributed by atoms with van der Waals surface area (Å²) in [6.45, 7) is 5.14. The third kappa shape index (κ3) is 4.96. The number of morpholine rings is 1. The minimum absolute atomic E-state index is 0.158. The number of rotatable bonds is 8. The number of nitrogens with two attached hydrogens (primary N) is 2. The highest BCUT2D eigenvalue weighted by molar-refractivity contribution is 6.42. The number of ketones is 1. The van der Waals surface area contributed by atoms with E-state index in [4.69, 9.17) is 39.4 Å². The van der Waals surface area contributed by atoms with Gasteiger partial charge in [0.15, 0.2) is 17.2 Å². The number of Topliss-reactive ketones (excluding diaryl/α,β-unsaturated/α-hetero) is 1. The second-order valence-corrected chi connectivity index (χ2v) is 11.5. The van der Waals surface area contributed by atoms with Crippen LogP contribution in [0.5, 0.6) is 0 Å². The molecule has 12 heteroatoms. The van der Waals surface area contributed by atoms with Crippen LogP contribution >= 0.6 is 23.2 Å². The van der Waals surface area contributed by atoms with Crippen LogP contribution in [0.1, 0.15) is 36.8 Å². The van der Waals surface area contributed by atoms with Gasteiger partial charge in [0, 0.05) is 50.4 Å². The van der Waals surface area contributed by atoms with Crippen molar-refractivity contribution >= 4 is 51.7 Å². The summed E-state index contributed by atoms with van der Waals surface area (Å²) in [4.78, 5) is 30.6. The van der Waals surface area contributed by atoms with E-state index in [1.165, 1.54) is 6.33 Å². The largest absolute Gasteiger partial charge is 0.382 e. The molecule has 2 aromatic heterocycles. The maximum atomic E-state index is 13.1. The minimum Gasteiger partial charge on any atom is -0.382 e. The Bertz CT molecular complexity index is 1370. The lowest BCUT2D eigenvalue weighted by Crippen LogP contribution is -2.50. The standard InChI is InChI=1S/C26H32Cl2N8O2/c27-19-10-20(35-4-3-26(30,13-35)21(37)9-16-1-2-16)17(18(22(19)28)11-34-5-7-38-8-6-34)12-36-15-33-23-24(29)31-14-32-25(23)36/h10,14-16H,1-9,11-13,30H2,(H2,29,31,32)/t26-/m1/s1. The number of imidazole rings is 1. The van der Waals surface area contributed by atoms with Crippen LogP contribution in [0.3, 0.4) is 0 Å². The Morgan fingerprint density at radius 2 is 1.89 bits per heavy atom. The zero-order chi connectivity index (χ0) is 26.4. The minimum atomic E-state index is -0.861. The van der Waals surface area contributed by atoms with Crippen LogP contribution in [0.15, 0.2) is 18.7 Å². The van der Waals surface area contributed by atoms with E-state index in [2.05, 4.69) is 24.8 Å². The van der Waals surface area contributed by atoms with Gasteiger partial charge >= 0.3 is 0 Å². The molecule has 10 nitrogen and oxygen atoms in total. The van der Waals surface area contributed by atoms with Gasteiger partial charge in [-0.05, 0) is 36.8 Å². The number of aromatic nitrogens is 4. The first-order valence-electron chi connectivity index (χ1n) is 13.1. The van der Waals surface area contributed by atoms with Gasteiger partial charge in [0.25, 0.3) is 0 Å². The number of hydrogen-bond donors (Lipinski definition) is 2. The molecule has 4 N–H and O–H groups in total. The fourth-order valence-electron chi connectivity index (χ4n) is 5.55. The maximum Gasteiger partial charge on any atom is 0.165 e. The SMILES string of the molecule is Nc1ncnc2c1ncn2Cc1c(N2CC[C@](N)(C(=O)CC3CC3)C2)cc(Cl)c(Cl)c1CN1CCOCC1. The quantitative estimate of drug-likeness (QED) is 0.428. The number of fused-ring (bicyclic) bond motifs is 1. The first kappa shape index (κ1) is 25.8. The van der Waals surface area contributed by atoms with E-state index in [1.807, 2.05) is 10.6 Å². The Hall–Kier alpha value is -2.50. The van der Waals surface area contributed by atoms with E-state index in [1.54, 1.807) is 6.33 Å². The highest BCUT2D eigenvalue weighted by atomic mass is 35.5. The van der Waals surface area contributed by atoms with E-state index < -0.39 is 5.54 Å². The highest BCUT2D eigenvalue weighted by Gasteiger charge is 2.43. The zero-order valence-corrected chi connectivity index (χ0v) is 22.7. The molecule has 1 aromatic carbocycles. The summed E-state index contributed by atoms with van der Waals surface area (Å²) in [6.07, 6.45) is 6.59. The number of anilines is 2. The van der Waals surface area contributed by atoms with Gasteiger partial charge in [-0.2, -0.15) is 0 Å². The lowest BCUT2D eigenvalue weighted by Gasteiger charge is -2.31. The van der Waals surface area contributed by atoms with E-state index >= 15 is 0 Å². The molecule has 1 aliphatic carbocycles. The number of carbonyl (C=O) groups excluding carboxylic acids is 1. The molecule has 3 aliphatic rings. The lowest BCUT2D eigenvalue weighted by molar-refractivity contribution is -0.123. The molecule has 202 valence electrons. The van der Waals surface area contributed by atoms with Crippen molar-refractivity contribution in [2.24, 2.45) is 11.7 Å². The third-order valence-electron chi connectivity index (χ3n) is 8.02. The van der Waals surface area contributed by atoms with E-state index in [9.17, 15) is 4.79 Å². The summed E-state index contributed by atoms with van der Waals surface area (Å²) in [7, 11) is 0. The molecule has 0 bridgehead atoms. The summed E-state index contributed by atoms with van der Waals surface area (Å²) >= 11 is 13.6. The highest BCUT2D eigenvalue weighted by Crippen LogP contribution is 2.41. The second-order valence-electron chi connectivity index (χ2n) is 10.7. The van der Waals surface area contributed by atoms with Crippen LogP contribution in [0.25, 0.3) is 11.2 Å². The van der Waals surface area contributed by atoms with Crippen LogP contribution in [-0.4, -0.2) is 75.1 Å². The second kappa shape index (κ2) is 10.2. The Morgan fingerprint density at radius 1 is 1.11 bits per heavy atom. The number of halogens is 2. The van der Waals surface area contributed by atoms with Crippen molar-refractivity contribution < 1.29 is 9.53 Å². The average molecular weight is 560 g/mol. The molecule has 2 aliphatic heterocycles. The van der Waals surface area contributed by atoms with Crippen molar-refractivity contribution in [3.63, 3.8) is 0 Å². The van der Waals surface area contributed by atoms with Gasteiger partial charge in [0.05, 0.1) is 41.7 Å². The van der Waals surface area contributed by atoms with E-state index in [-0.39, 0.29) is 5.78 Å². The summed E-state index contributed by atoms with van der Waals surface area (Å²) < 4.78 is 7.50. The maximum absolute atomic E-state index is 13.1. The number of carbonyl (C=O) groups is 1. The summed E-state index contributed by atoms with van der Waals surface area (Å²) in [5, 5.41) is 1.01. The molecule has 0 unspecified atom stereocenters. The Morgan fingerprint density at radius 3 is 2.66 bits per heavy atom. The van der Waals surface area contributed by atoms with Gasteiger partial charge in [-0.3, -0.25) is 9.69 Å². The average Bonchev–Trinajstić information content (AvgIpc) is 3.48. The fourth-order valence-corrected chi connectivity index (χ4v) is 5.99. The molecule has 1 atom stereocenters. The van der Waals surface area contributed by atoms with Gasteiger partial charge in [0.1, 0.15) is 11.8 Å². The molecule has 4 heterocycles. The van der Waals surface area contributed by atoms with Crippen LogP contribution in [-0.2, 0) is 22.6 Å². The van der Waals surface area contributed by atoms with Gasteiger partial charge in [-0.1, -0.05) is 23.2 Å². The van der Waals surface area contributed by atoms with Gasteiger partial charge < -0.3 is 25.7 Å². The van der Waals surface area contributed by atoms with E-state index in [0.717, 1.165) is 42.7 Å². The Kier molecular flexibility index (Phi) is 6.94. The third-order valence-corrected chi connectivity index (χ3v) is 8.85. The van der Waals surface area contributed by atoms with Gasteiger partial charge in [0.2, 0.25) is 0 Å². The van der Waals surface area contributed by atoms with Crippen LogP contribution < -0.4 is 16.4 Å². The van der Waals surface area contributed by atoms with Crippen molar-refractivity contribution in [2.75, 3.05) is 50.0 Å². The van der Waals surface area contributed by atoms with E-state index in [0.29, 0.717) is 85.2 Å². The number of nitrogen functional groups attached to an aromatic ring is 1. The summed E-state index contributed by atoms with van der Waals surface area (Å²) in [6, 6.07) is 1.90. The fraction of sp³-hybridized carbons (Fsp3) is 0.538. The predicted molar refractivity (Wildman–Crippen MR) is 147 cm³/mol. The Balaban J connectivity index is 1.40. The Labute approximate surface area is 231 Å². The molecular formula is C26H32Cl2N8O2. The van der Waals surface area contributed by atoms with Gasteiger partial charge in [-0.15, -0.1) is 0 Å². The lowest BCUT2D eigenvalue weighted by atomic mass is 9.91. The number of hydrogen-bond acceptors (Lipinski definition) is 9. The van der Waals surface area contributed by atoms with Gasteiger partial charge in [-0.25, -0.2) is 15.0 Å². The molecule has 0 amide bonds. The van der Waals surface area contributed by atoms with Crippen molar-refractivity contribution in [1.82, 2.24) is 24.4 Å². The summed E-state index contributed by atoms with van der Waals surface area (Å²) in [5.41, 5.74) is 16.0. The molecule has 38 heavy (non-hydrogen) atoms. The zero-order valence-electron chi connectivity index (χ0n) is 21.2. The molecule has 6 rings (SSSR count). The number of benzene rings is 1. The predicted octanol–water partition coefficient (Wildman–Crippen LogP) is 2.87. The van der Waals surface area contributed by atoms with Crippen LogP contribution in [0, 0.1) is 5.92 Å². The normalized spacial score (nSPS) is 22.4. The van der Waals surface area contributed by atoms with Crippen molar-refractivity contribution in [3.8, 4) is 0 Å². The summed E-state index contributed by atoms with van der Waals surface area (Å²) in [5.74, 6) is 0.991. The van der Waals surface area contributed by atoms with Crippen molar-refractivity contribution in [1.29, 1.82) is 0 Å². The van der Waals surface area contributed by atoms with Crippen LogP contribution in [0.2, 0.25) is 10.0 Å². The van der Waals surface area contributed by atoms with Crippen molar-refractivity contribution in [2.45, 2.75) is 44.3 Å². The number of ether oxygens (including phenoxy) is 1. The molecule has 2 saturated heterocycles. The number of nitrogens with zero attached hydrogens (tertiary/aromatic N) is 6. The smallest absolute Gasteiger partial charge is 0.165 e. The molecule has 1 saturated carbocycles. The molecule has 0 spiro atoms. The molecule has 0 radical (unpaired) electrons. The molecular weight excluding hydrogens is 527 g/mol.